The zero-order valence-electron chi connectivity index (χ0n) is 16.3. The van der Waals surface area contributed by atoms with E-state index >= 15 is 0 Å². The van der Waals surface area contributed by atoms with Crippen LogP contribution in [0.25, 0.3) is 0 Å². The maximum atomic E-state index is 12.8. The first kappa shape index (κ1) is 21.5. The highest BCUT2D eigenvalue weighted by Gasteiger charge is 2.31. The third-order valence-electron chi connectivity index (χ3n) is 4.57. The van der Waals surface area contributed by atoms with Gasteiger partial charge in [0, 0.05) is 18.4 Å². The van der Waals surface area contributed by atoms with E-state index in [1.54, 1.807) is 0 Å². The summed E-state index contributed by atoms with van der Waals surface area (Å²) in [5.41, 5.74) is -0.579. The summed E-state index contributed by atoms with van der Waals surface area (Å²) in [6, 6.07) is 5.33. The minimum Gasteiger partial charge on any atom is -0.493 e. The molecule has 160 valence electrons. The standard InChI is InChI=1S/C21H19F3O6/c1-27-17-11-14(18(28-2)20-19(17)29-9-10-30-20)16(26)8-7-15(25)12-3-5-13(6-4-12)21(22,23)24/h3-6,11H,7-10H2,1-2H3. The van der Waals surface area contributed by atoms with Gasteiger partial charge in [0.05, 0.1) is 25.3 Å². The van der Waals surface area contributed by atoms with Crippen LogP contribution in [0.1, 0.15) is 39.1 Å². The van der Waals surface area contributed by atoms with Crippen LogP contribution >= 0.6 is 0 Å². The van der Waals surface area contributed by atoms with E-state index in [-0.39, 0.29) is 42.1 Å². The SMILES string of the molecule is COc1cc(C(=O)CCC(=O)c2ccc(C(F)(F)F)cc2)c(OC)c2c1OCCO2. The first-order chi connectivity index (χ1) is 14.3. The number of benzene rings is 2. The van der Waals surface area contributed by atoms with Crippen molar-refractivity contribution < 1.29 is 41.7 Å². The fraction of sp³-hybridized carbons (Fsp3) is 0.333. The van der Waals surface area contributed by atoms with Crippen LogP contribution in [0, 0.1) is 0 Å². The lowest BCUT2D eigenvalue weighted by Gasteiger charge is -2.24. The summed E-state index contributed by atoms with van der Waals surface area (Å²) in [6.07, 6.45) is -4.82. The molecule has 9 heteroatoms. The number of halogens is 3. The Morgan fingerprint density at radius 1 is 0.933 bits per heavy atom. The van der Waals surface area contributed by atoms with Crippen molar-refractivity contribution in [2.75, 3.05) is 27.4 Å². The zero-order chi connectivity index (χ0) is 21.9. The summed E-state index contributed by atoms with van der Waals surface area (Å²) in [5, 5.41) is 0. The van der Waals surface area contributed by atoms with Crippen LogP contribution in [0.4, 0.5) is 13.2 Å². The number of ketones is 2. The fourth-order valence-corrected chi connectivity index (χ4v) is 3.07. The highest BCUT2D eigenvalue weighted by molar-refractivity contribution is 6.04. The number of alkyl halides is 3. The minimum atomic E-state index is -4.48. The summed E-state index contributed by atoms with van der Waals surface area (Å²) in [4.78, 5) is 25.1. The number of methoxy groups -OCH3 is 2. The molecule has 0 unspecified atom stereocenters. The number of rotatable bonds is 7. The van der Waals surface area contributed by atoms with Gasteiger partial charge in [0.2, 0.25) is 11.5 Å². The van der Waals surface area contributed by atoms with Crippen molar-refractivity contribution in [2.45, 2.75) is 19.0 Å². The predicted octanol–water partition coefficient (Wildman–Crippen LogP) is 4.34. The van der Waals surface area contributed by atoms with Crippen molar-refractivity contribution in [3.8, 4) is 23.0 Å². The predicted molar refractivity (Wildman–Crippen MR) is 99.9 cm³/mol. The molecule has 1 aliphatic heterocycles. The van der Waals surface area contributed by atoms with E-state index in [1.807, 2.05) is 0 Å². The van der Waals surface area contributed by atoms with E-state index in [0.717, 1.165) is 24.3 Å². The topological polar surface area (TPSA) is 71.1 Å². The second kappa shape index (κ2) is 8.64. The maximum Gasteiger partial charge on any atom is 0.416 e. The Kier molecular flexibility index (Phi) is 6.19. The molecule has 2 aromatic carbocycles. The first-order valence-electron chi connectivity index (χ1n) is 9.04. The molecule has 3 rings (SSSR count). The summed E-state index contributed by atoms with van der Waals surface area (Å²) >= 11 is 0. The van der Waals surface area contributed by atoms with Crippen LogP contribution in [0.15, 0.2) is 30.3 Å². The average molecular weight is 424 g/mol. The highest BCUT2D eigenvalue weighted by Crippen LogP contribution is 2.48. The molecule has 1 heterocycles. The Hall–Kier alpha value is -3.23. The van der Waals surface area contributed by atoms with E-state index in [0.29, 0.717) is 18.1 Å². The fourth-order valence-electron chi connectivity index (χ4n) is 3.07. The largest absolute Gasteiger partial charge is 0.493 e. The Labute approximate surface area is 170 Å². The molecule has 30 heavy (non-hydrogen) atoms. The van der Waals surface area contributed by atoms with Gasteiger partial charge in [-0.2, -0.15) is 13.2 Å². The van der Waals surface area contributed by atoms with Gasteiger partial charge in [0.25, 0.3) is 0 Å². The zero-order valence-corrected chi connectivity index (χ0v) is 16.3. The van der Waals surface area contributed by atoms with Gasteiger partial charge < -0.3 is 18.9 Å². The molecule has 0 amide bonds. The second-order valence-electron chi connectivity index (χ2n) is 6.44. The van der Waals surface area contributed by atoms with Gasteiger partial charge in [-0.05, 0) is 18.2 Å². The van der Waals surface area contributed by atoms with Crippen molar-refractivity contribution >= 4 is 11.6 Å². The van der Waals surface area contributed by atoms with Gasteiger partial charge in [-0.1, -0.05) is 12.1 Å². The summed E-state index contributed by atoms with van der Waals surface area (Å²) in [6.45, 7) is 0.595. The quantitative estimate of drug-likeness (QED) is 0.616. The second-order valence-corrected chi connectivity index (χ2v) is 6.44. The molecule has 0 bridgehead atoms. The summed E-state index contributed by atoms with van der Waals surface area (Å²) < 4.78 is 59.6. The smallest absolute Gasteiger partial charge is 0.416 e. The Bertz CT molecular complexity index is 951. The molecule has 0 spiro atoms. The minimum absolute atomic E-state index is 0.0996. The summed E-state index contributed by atoms with van der Waals surface area (Å²) in [5.74, 6) is 0.210. The van der Waals surface area contributed by atoms with Gasteiger partial charge in [-0.25, -0.2) is 0 Å². The number of fused-ring (bicyclic) bond motifs is 1. The van der Waals surface area contributed by atoms with Crippen LogP contribution in [-0.2, 0) is 6.18 Å². The molecular weight excluding hydrogens is 405 g/mol. The molecular formula is C21H19F3O6. The Morgan fingerprint density at radius 2 is 1.53 bits per heavy atom. The number of ether oxygens (including phenoxy) is 4. The van der Waals surface area contributed by atoms with Gasteiger partial charge >= 0.3 is 6.18 Å². The van der Waals surface area contributed by atoms with Crippen LogP contribution in [0.5, 0.6) is 23.0 Å². The van der Waals surface area contributed by atoms with Gasteiger partial charge in [0.1, 0.15) is 13.2 Å². The highest BCUT2D eigenvalue weighted by atomic mass is 19.4. The van der Waals surface area contributed by atoms with E-state index in [2.05, 4.69) is 0 Å². The maximum absolute atomic E-state index is 12.8. The summed E-state index contributed by atoms with van der Waals surface area (Å²) in [7, 11) is 2.80. The van der Waals surface area contributed by atoms with Crippen LogP contribution in [-0.4, -0.2) is 39.0 Å². The normalized spacial score (nSPS) is 13.0. The third-order valence-corrected chi connectivity index (χ3v) is 4.57. The van der Waals surface area contributed by atoms with Gasteiger partial charge in [0.15, 0.2) is 23.1 Å². The van der Waals surface area contributed by atoms with Crippen molar-refractivity contribution in [3.05, 3.63) is 47.0 Å². The number of hydrogen-bond donors (Lipinski definition) is 0. The van der Waals surface area contributed by atoms with E-state index < -0.39 is 23.3 Å². The average Bonchev–Trinajstić information content (AvgIpc) is 2.75. The number of carbonyl (C=O) groups is 2. The van der Waals surface area contributed by atoms with E-state index in [1.165, 1.54) is 20.3 Å². The molecule has 0 N–H and O–H groups in total. The third kappa shape index (κ3) is 4.34. The molecule has 2 aromatic rings. The van der Waals surface area contributed by atoms with Crippen LogP contribution < -0.4 is 18.9 Å². The molecule has 0 saturated carbocycles. The first-order valence-corrected chi connectivity index (χ1v) is 9.04. The van der Waals surface area contributed by atoms with Crippen molar-refractivity contribution in [2.24, 2.45) is 0 Å². The van der Waals surface area contributed by atoms with E-state index in [4.69, 9.17) is 18.9 Å². The van der Waals surface area contributed by atoms with Crippen molar-refractivity contribution in [1.29, 1.82) is 0 Å². The molecule has 0 atom stereocenters. The Balaban J connectivity index is 1.77. The van der Waals surface area contributed by atoms with Crippen molar-refractivity contribution in [1.82, 2.24) is 0 Å². The lowest BCUT2D eigenvalue weighted by atomic mass is 9.99. The van der Waals surface area contributed by atoms with Gasteiger partial charge in [-0.3, -0.25) is 9.59 Å². The monoisotopic (exact) mass is 424 g/mol. The van der Waals surface area contributed by atoms with Crippen molar-refractivity contribution in [3.63, 3.8) is 0 Å². The number of hydrogen-bond acceptors (Lipinski definition) is 6. The molecule has 0 radical (unpaired) electrons. The number of carbonyl (C=O) groups excluding carboxylic acids is 2. The van der Waals surface area contributed by atoms with Crippen LogP contribution in [0.3, 0.4) is 0 Å². The van der Waals surface area contributed by atoms with Crippen LogP contribution in [0.2, 0.25) is 0 Å². The van der Waals surface area contributed by atoms with Gasteiger partial charge in [-0.15, -0.1) is 0 Å². The lowest BCUT2D eigenvalue weighted by Crippen LogP contribution is -2.18. The molecule has 0 fully saturated rings. The number of Topliss-reactive ketones (excluding diaryl/α,β-unsaturated/α-hetero) is 2. The molecule has 1 aliphatic rings. The lowest BCUT2D eigenvalue weighted by molar-refractivity contribution is -0.137. The molecule has 0 aliphatic carbocycles. The molecule has 0 aromatic heterocycles. The molecule has 6 nitrogen and oxygen atoms in total. The molecule has 0 saturated heterocycles. The van der Waals surface area contributed by atoms with E-state index in [9.17, 15) is 22.8 Å². The Morgan fingerprint density at radius 3 is 2.10 bits per heavy atom.